The summed E-state index contributed by atoms with van der Waals surface area (Å²) in [5.74, 6) is 0. The molecule has 0 aliphatic heterocycles. The van der Waals surface area contributed by atoms with Crippen LogP contribution in [0.2, 0.25) is 0 Å². The Morgan fingerprint density at radius 3 is 2.64 bits per heavy atom. The van der Waals surface area contributed by atoms with Crippen LogP contribution in [0, 0.1) is 0 Å². The fourth-order valence-corrected chi connectivity index (χ4v) is 1.97. The smallest absolute Gasteiger partial charge is 0.172 e. The number of aromatic nitrogens is 1. The number of hydrogen-bond acceptors (Lipinski definition) is 5. The van der Waals surface area contributed by atoms with Gasteiger partial charge in [0.05, 0.1) is 11.6 Å². The largest absolute Gasteiger partial charge is 0.354 e. The zero-order valence-electron chi connectivity index (χ0n) is 8.69. The van der Waals surface area contributed by atoms with Crippen molar-refractivity contribution in [2.24, 2.45) is 0 Å². The van der Waals surface area contributed by atoms with Crippen LogP contribution in [0.1, 0.15) is 4.88 Å². The molecule has 0 spiro atoms. The summed E-state index contributed by atoms with van der Waals surface area (Å²) in [6.45, 7) is 0. The van der Waals surface area contributed by atoms with Crippen LogP contribution in [-0.4, -0.2) is 38.6 Å². The van der Waals surface area contributed by atoms with E-state index < -0.39 is 0 Å². The molecule has 14 heavy (non-hydrogen) atoms. The van der Waals surface area contributed by atoms with Gasteiger partial charge in [-0.15, -0.1) is 11.3 Å². The van der Waals surface area contributed by atoms with Crippen molar-refractivity contribution in [1.82, 2.24) is 10.3 Å². The fraction of sp³-hybridized carbons (Fsp3) is 0.667. The van der Waals surface area contributed by atoms with E-state index in [2.05, 4.69) is 10.3 Å². The number of methoxy groups -OCH3 is 2. The molecule has 0 radical (unpaired) electrons. The molecule has 0 amide bonds. The maximum atomic E-state index is 5.20. The first-order valence-corrected chi connectivity index (χ1v) is 5.30. The average Bonchev–Trinajstić information content (AvgIpc) is 2.70. The summed E-state index contributed by atoms with van der Waals surface area (Å²) in [4.78, 5) is 5.26. The number of ether oxygens (including phenoxy) is 2. The van der Waals surface area contributed by atoms with Gasteiger partial charge in [-0.25, -0.2) is 0 Å². The lowest BCUT2D eigenvalue weighted by Gasteiger charge is -2.23. The van der Waals surface area contributed by atoms with Crippen LogP contribution in [0.4, 0.5) is 0 Å². The average molecular weight is 216 g/mol. The predicted molar refractivity (Wildman–Crippen MR) is 56.5 cm³/mol. The van der Waals surface area contributed by atoms with Crippen molar-refractivity contribution in [2.75, 3.05) is 21.3 Å². The van der Waals surface area contributed by atoms with Gasteiger partial charge in [-0.05, 0) is 7.05 Å². The molecule has 1 atom stereocenters. The lowest BCUT2D eigenvalue weighted by atomic mass is 10.2. The van der Waals surface area contributed by atoms with Crippen molar-refractivity contribution in [3.63, 3.8) is 0 Å². The van der Waals surface area contributed by atoms with Gasteiger partial charge in [0.25, 0.3) is 0 Å². The van der Waals surface area contributed by atoms with E-state index in [9.17, 15) is 0 Å². The van der Waals surface area contributed by atoms with E-state index in [0.717, 1.165) is 6.42 Å². The molecule has 5 heteroatoms. The van der Waals surface area contributed by atoms with Crippen molar-refractivity contribution in [3.8, 4) is 0 Å². The zero-order valence-corrected chi connectivity index (χ0v) is 9.50. The number of hydrogen-bond donors (Lipinski definition) is 1. The summed E-state index contributed by atoms with van der Waals surface area (Å²) < 4.78 is 10.4. The van der Waals surface area contributed by atoms with Crippen LogP contribution in [0.25, 0.3) is 0 Å². The van der Waals surface area contributed by atoms with Gasteiger partial charge >= 0.3 is 0 Å². The summed E-state index contributed by atoms with van der Waals surface area (Å²) in [5, 5.41) is 3.17. The summed E-state index contributed by atoms with van der Waals surface area (Å²) in [7, 11) is 5.19. The maximum absolute atomic E-state index is 5.20. The third-order valence-electron chi connectivity index (χ3n) is 2.07. The van der Waals surface area contributed by atoms with Crippen molar-refractivity contribution in [1.29, 1.82) is 0 Å². The first-order valence-electron chi connectivity index (χ1n) is 4.42. The highest BCUT2D eigenvalue weighted by Crippen LogP contribution is 2.12. The number of rotatable bonds is 6. The second-order valence-corrected chi connectivity index (χ2v) is 3.88. The number of nitrogens with zero attached hydrogens (tertiary/aromatic N) is 1. The highest BCUT2D eigenvalue weighted by Gasteiger charge is 2.19. The molecular weight excluding hydrogens is 200 g/mol. The minimum Gasteiger partial charge on any atom is -0.354 e. The summed E-state index contributed by atoms with van der Waals surface area (Å²) >= 11 is 1.64. The molecule has 0 aliphatic carbocycles. The Bertz CT molecular complexity index is 237. The van der Waals surface area contributed by atoms with Crippen molar-refractivity contribution >= 4 is 11.3 Å². The Labute approximate surface area is 88.3 Å². The molecule has 1 N–H and O–H groups in total. The Morgan fingerprint density at radius 1 is 1.50 bits per heavy atom. The van der Waals surface area contributed by atoms with E-state index in [1.807, 2.05) is 18.8 Å². The van der Waals surface area contributed by atoms with E-state index in [-0.39, 0.29) is 12.3 Å². The molecule has 1 rings (SSSR count). The van der Waals surface area contributed by atoms with Crippen LogP contribution < -0.4 is 5.32 Å². The first kappa shape index (κ1) is 11.6. The molecule has 80 valence electrons. The molecule has 0 aromatic carbocycles. The number of nitrogens with one attached hydrogen (secondary N) is 1. The van der Waals surface area contributed by atoms with Crippen molar-refractivity contribution in [3.05, 3.63) is 16.6 Å². The van der Waals surface area contributed by atoms with Crippen LogP contribution in [0.3, 0.4) is 0 Å². The molecule has 0 fully saturated rings. The Hall–Kier alpha value is -0.490. The lowest BCUT2D eigenvalue weighted by molar-refractivity contribution is -0.121. The molecule has 0 aliphatic rings. The zero-order chi connectivity index (χ0) is 10.4. The summed E-state index contributed by atoms with van der Waals surface area (Å²) in [5.41, 5.74) is 1.83. The van der Waals surface area contributed by atoms with Gasteiger partial charge in [0.2, 0.25) is 0 Å². The molecule has 0 bridgehead atoms. The standard InChI is InChI=1S/C9H16N2O2S/c1-10-8(9(12-2)13-3)4-7-5-11-6-14-7/h5-6,8-10H,4H2,1-3H3. The molecule has 1 unspecified atom stereocenters. The van der Waals surface area contributed by atoms with Crippen LogP contribution in [0.5, 0.6) is 0 Å². The van der Waals surface area contributed by atoms with Gasteiger partial charge < -0.3 is 14.8 Å². The normalized spacial score (nSPS) is 13.4. The summed E-state index contributed by atoms with van der Waals surface area (Å²) in [6.07, 6.45) is 2.52. The number of likely N-dealkylation sites (N-methyl/N-ethyl adjacent to an activating group) is 1. The Kier molecular flexibility index (Phi) is 5.03. The van der Waals surface area contributed by atoms with E-state index >= 15 is 0 Å². The van der Waals surface area contributed by atoms with E-state index in [1.165, 1.54) is 4.88 Å². The van der Waals surface area contributed by atoms with Crippen molar-refractivity contribution < 1.29 is 9.47 Å². The molecular formula is C9H16N2O2S. The van der Waals surface area contributed by atoms with Gasteiger partial charge in [-0.3, -0.25) is 4.98 Å². The van der Waals surface area contributed by atoms with Gasteiger partial charge in [0.1, 0.15) is 0 Å². The summed E-state index contributed by atoms with van der Waals surface area (Å²) in [6, 6.07) is 0.158. The molecule has 4 nitrogen and oxygen atoms in total. The SMILES string of the molecule is CNC(Cc1cncs1)C(OC)OC. The van der Waals surface area contributed by atoms with Crippen LogP contribution in [0.15, 0.2) is 11.7 Å². The van der Waals surface area contributed by atoms with Gasteiger partial charge in [-0.2, -0.15) is 0 Å². The second kappa shape index (κ2) is 6.08. The van der Waals surface area contributed by atoms with Crippen molar-refractivity contribution in [2.45, 2.75) is 18.8 Å². The van der Waals surface area contributed by atoms with E-state index in [4.69, 9.17) is 9.47 Å². The highest BCUT2D eigenvalue weighted by atomic mass is 32.1. The fourth-order valence-electron chi connectivity index (χ4n) is 1.32. The lowest BCUT2D eigenvalue weighted by Crippen LogP contribution is -2.41. The molecule has 0 saturated carbocycles. The third kappa shape index (κ3) is 3.02. The molecule has 1 aromatic heterocycles. The topological polar surface area (TPSA) is 43.4 Å². The van der Waals surface area contributed by atoms with E-state index in [1.54, 1.807) is 25.6 Å². The van der Waals surface area contributed by atoms with Crippen LogP contribution in [-0.2, 0) is 15.9 Å². The molecule has 0 saturated heterocycles. The molecule has 1 aromatic rings. The number of thiazole rings is 1. The second-order valence-electron chi connectivity index (χ2n) is 2.91. The van der Waals surface area contributed by atoms with E-state index in [0.29, 0.717) is 0 Å². The third-order valence-corrected chi connectivity index (χ3v) is 2.87. The monoisotopic (exact) mass is 216 g/mol. The highest BCUT2D eigenvalue weighted by molar-refractivity contribution is 7.09. The van der Waals surface area contributed by atoms with Gasteiger partial charge in [0, 0.05) is 31.7 Å². The minimum absolute atomic E-state index is 0.158. The Morgan fingerprint density at radius 2 is 2.21 bits per heavy atom. The van der Waals surface area contributed by atoms with Gasteiger partial charge in [0.15, 0.2) is 6.29 Å². The quantitative estimate of drug-likeness (QED) is 0.717. The maximum Gasteiger partial charge on any atom is 0.172 e. The first-order chi connectivity index (χ1) is 6.81. The van der Waals surface area contributed by atoms with Crippen LogP contribution >= 0.6 is 11.3 Å². The predicted octanol–water partition coefficient (Wildman–Crippen LogP) is 0.892. The molecule has 1 heterocycles. The Balaban J connectivity index is 2.53. The van der Waals surface area contributed by atoms with Gasteiger partial charge in [-0.1, -0.05) is 0 Å². The minimum atomic E-state index is -0.220.